The van der Waals surface area contributed by atoms with Crippen molar-refractivity contribution in [1.82, 2.24) is 0 Å². The van der Waals surface area contributed by atoms with Gasteiger partial charge in [-0.1, -0.05) is 24.5 Å². The Bertz CT molecular complexity index is 181. The van der Waals surface area contributed by atoms with E-state index in [0.717, 1.165) is 11.6 Å². The first-order valence-electron chi connectivity index (χ1n) is 5.78. The van der Waals surface area contributed by atoms with Gasteiger partial charge >= 0.3 is 0 Å². The van der Waals surface area contributed by atoms with Crippen LogP contribution in [0.15, 0.2) is 0 Å². The molecule has 0 N–H and O–H groups in total. The molecule has 63 valence electrons. The quantitative estimate of drug-likeness (QED) is 0.476. The van der Waals surface area contributed by atoms with Crippen LogP contribution in [0.2, 0.25) is 11.6 Å². The van der Waals surface area contributed by atoms with Crippen LogP contribution >= 0.6 is 0 Å². The Morgan fingerprint density at radius 1 is 0.750 bits per heavy atom. The smallest absolute Gasteiger partial charge is 0.0653 e. The van der Waals surface area contributed by atoms with Crippen molar-refractivity contribution in [3.63, 3.8) is 0 Å². The summed E-state index contributed by atoms with van der Waals surface area (Å²) in [4.78, 5) is 0. The molecule has 0 nitrogen and oxygen atoms in total. The van der Waals surface area contributed by atoms with Gasteiger partial charge in [0.25, 0.3) is 0 Å². The Kier molecular flexibility index (Phi) is 1.05. The highest BCUT2D eigenvalue weighted by atomic mass is 14.6. The van der Waals surface area contributed by atoms with Gasteiger partial charge in [0.2, 0.25) is 0 Å². The summed E-state index contributed by atoms with van der Waals surface area (Å²) in [6.07, 6.45) is 7.89. The molecule has 0 aromatic rings. The summed E-state index contributed by atoms with van der Waals surface area (Å²) in [5, 5.41) is 0. The summed E-state index contributed by atoms with van der Waals surface area (Å²) in [6.45, 7) is 0. The van der Waals surface area contributed by atoms with Crippen LogP contribution in [0.5, 0.6) is 0 Å². The normalized spacial score (nSPS) is 65.3. The predicted molar refractivity (Wildman–Crippen MR) is 50.3 cm³/mol. The molecule has 12 heavy (non-hydrogen) atoms. The molecule has 0 aromatic heterocycles. The Morgan fingerprint density at radius 2 is 1.33 bits per heavy atom. The highest BCUT2D eigenvalue weighted by Gasteiger charge is 2.59. The maximum atomic E-state index is 2.74. The van der Waals surface area contributed by atoms with E-state index in [1.165, 1.54) is 23.7 Å². The second kappa shape index (κ2) is 1.94. The molecule has 0 aromatic carbocycles. The van der Waals surface area contributed by atoms with Crippen molar-refractivity contribution in [1.29, 1.82) is 0 Å². The van der Waals surface area contributed by atoms with Crippen molar-refractivity contribution < 1.29 is 0 Å². The number of fused-ring (bicyclic) bond motifs is 9. The Balaban J connectivity index is 1.77. The van der Waals surface area contributed by atoms with Crippen LogP contribution in [0.1, 0.15) is 32.1 Å². The second-order valence-corrected chi connectivity index (χ2v) is 5.59. The van der Waals surface area contributed by atoms with E-state index in [-0.39, 0.29) is 0 Å². The van der Waals surface area contributed by atoms with E-state index in [0.29, 0.717) is 0 Å². The van der Waals surface area contributed by atoms with Gasteiger partial charge in [-0.15, -0.1) is 0 Å². The van der Waals surface area contributed by atoms with Crippen molar-refractivity contribution in [2.75, 3.05) is 0 Å². The predicted octanol–water partition coefficient (Wildman–Crippen LogP) is 2.74. The third-order valence-electron chi connectivity index (χ3n) is 5.36. The van der Waals surface area contributed by atoms with E-state index >= 15 is 0 Å². The number of hydrogen-bond acceptors (Lipinski definition) is 0. The molecular formula is C11H16B. The molecule has 2 aliphatic heterocycles. The minimum absolute atomic E-state index is 1.08. The Morgan fingerprint density at radius 3 is 1.92 bits per heavy atom. The minimum atomic E-state index is 1.08. The van der Waals surface area contributed by atoms with Gasteiger partial charge in [0, 0.05) is 0 Å². The fraction of sp³-hybridized carbons (Fsp3) is 1.00. The third-order valence-corrected chi connectivity index (χ3v) is 5.36. The van der Waals surface area contributed by atoms with Gasteiger partial charge in [0.05, 0.1) is 0 Å². The maximum absolute atomic E-state index is 2.74. The van der Waals surface area contributed by atoms with Gasteiger partial charge in [-0.3, -0.25) is 0 Å². The molecule has 6 atom stereocenters. The van der Waals surface area contributed by atoms with E-state index in [4.69, 9.17) is 0 Å². The molecule has 2 heterocycles. The Labute approximate surface area is 75.4 Å². The van der Waals surface area contributed by atoms with E-state index < -0.39 is 0 Å². The summed E-state index contributed by atoms with van der Waals surface area (Å²) in [6, 6.07) is 0. The lowest BCUT2D eigenvalue weighted by Gasteiger charge is -2.35. The average molecular weight is 159 g/mol. The fourth-order valence-electron chi connectivity index (χ4n) is 5.19. The van der Waals surface area contributed by atoms with Gasteiger partial charge in [0.1, 0.15) is 7.28 Å². The third kappa shape index (κ3) is 0.571. The van der Waals surface area contributed by atoms with Crippen LogP contribution in [0.25, 0.3) is 0 Å². The minimum Gasteiger partial charge on any atom is -0.0653 e. The Hall–Kier alpha value is 0.0649. The van der Waals surface area contributed by atoms with Gasteiger partial charge in [-0.05, 0) is 42.9 Å². The molecule has 4 rings (SSSR count). The van der Waals surface area contributed by atoms with Gasteiger partial charge in [-0.25, -0.2) is 0 Å². The first kappa shape index (κ1) is 6.51. The SMILES string of the molecule is [B]1[C@@H]2CC[C@H]1[C@@H]1[C@H]3CC[C@H](C3)[C@@H]12. The van der Waals surface area contributed by atoms with E-state index in [9.17, 15) is 0 Å². The zero-order valence-electron chi connectivity index (χ0n) is 7.58. The van der Waals surface area contributed by atoms with Crippen LogP contribution in [0.3, 0.4) is 0 Å². The lowest BCUT2D eigenvalue weighted by Crippen LogP contribution is -2.24. The zero-order chi connectivity index (χ0) is 7.71. The largest absolute Gasteiger partial charge is 0.118 e. The molecular weight excluding hydrogens is 143 g/mol. The van der Waals surface area contributed by atoms with Crippen LogP contribution in [0.4, 0.5) is 0 Å². The van der Waals surface area contributed by atoms with E-state index in [2.05, 4.69) is 7.28 Å². The highest BCUT2D eigenvalue weighted by molar-refractivity contribution is 6.42. The average Bonchev–Trinajstić information content (AvgIpc) is 2.83. The summed E-state index contributed by atoms with van der Waals surface area (Å²) in [7, 11) is 2.74. The van der Waals surface area contributed by atoms with Gasteiger partial charge in [-0.2, -0.15) is 0 Å². The molecule has 0 spiro atoms. The van der Waals surface area contributed by atoms with Crippen molar-refractivity contribution in [2.45, 2.75) is 43.7 Å². The van der Waals surface area contributed by atoms with Crippen LogP contribution in [0, 0.1) is 23.7 Å². The summed E-state index contributed by atoms with van der Waals surface area (Å²) in [5.41, 5.74) is 0. The first-order valence-corrected chi connectivity index (χ1v) is 5.78. The molecule has 4 aliphatic rings. The monoisotopic (exact) mass is 159 g/mol. The summed E-state index contributed by atoms with van der Waals surface area (Å²) >= 11 is 0. The molecule has 4 bridgehead atoms. The summed E-state index contributed by atoms with van der Waals surface area (Å²) < 4.78 is 0. The fourth-order valence-corrected chi connectivity index (χ4v) is 5.19. The molecule has 4 fully saturated rings. The maximum Gasteiger partial charge on any atom is 0.118 e. The van der Waals surface area contributed by atoms with Crippen molar-refractivity contribution in [2.24, 2.45) is 23.7 Å². The number of hydrogen-bond donors (Lipinski definition) is 0. The van der Waals surface area contributed by atoms with Crippen molar-refractivity contribution in [3.05, 3.63) is 0 Å². The second-order valence-electron chi connectivity index (χ2n) is 5.59. The van der Waals surface area contributed by atoms with Crippen LogP contribution in [-0.4, -0.2) is 7.28 Å². The topological polar surface area (TPSA) is 0 Å². The van der Waals surface area contributed by atoms with Gasteiger partial charge in [0.15, 0.2) is 0 Å². The highest BCUT2D eigenvalue weighted by Crippen LogP contribution is 2.68. The van der Waals surface area contributed by atoms with E-state index in [1.807, 2.05) is 0 Å². The number of rotatable bonds is 0. The first-order chi connectivity index (χ1) is 5.93. The molecule has 2 saturated heterocycles. The molecule has 0 unspecified atom stereocenters. The molecule has 2 saturated carbocycles. The van der Waals surface area contributed by atoms with Crippen LogP contribution < -0.4 is 0 Å². The standard InChI is InChI=1S/C11H16B/c1-2-7-5-6(1)10-8-3-4-9(12-8)11(7)10/h6-11H,1-5H2/t6-,7+,8-,9+,10-,11+. The molecule has 1 radical (unpaired) electrons. The summed E-state index contributed by atoms with van der Waals surface area (Å²) in [5.74, 6) is 6.87. The van der Waals surface area contributed by atoms with Crippen molar-refractivity contribution in [3.8, 4) is 0 Å². The van der Waals surface area contributed by atoms with E-state index in [1.54, 1.807) is 32.1 Å². The van der Waals surface area contributed by atoms with Crippen molar-refractivity contribution >= 4 is 7.28 Å². The molecule has 0 amide bonds. The lowest BCUT2D eigenvalue weighted by molar-refractivity contribution is 0.188. The lowest BCUT2D eigenvalue weighted by atomic mass is 9.63. The van der Waals surface area contributed by atoms with Gasteiger partial charge < -0.3 is 0 Å². The molecule has 1 heteroatoms. The molecule has 2 aliphatic carbocycles. The zero-order valence-corrected chi connectivity index (χ0v) is 7.58. The van der Waals surface area contributed by atoms with Crippen LogP contribution in [-0.2, 0) is 0 Å².